The molecule has 2 atom stereocenters. The van der Waals surface area contributed by atoms with E-state index in [0.717, 1.165) is 19.3 Å². The maximum atomic E-state index is 9.14. The molecule has 0 saturated heterocycles. The first kappa shape index (κ1) is 8.98. The highest BCUT2D eigenvalue weighted by atomic mass is 16.5. The second-order valence-electron chi connectivity index (χ2n) is 4.21. The first-order valence-corrected chi connectivity index (χ1v) is 5.00. The van der Waals surface area contributed by atoms with Crippen molar-refractivity contribution in [2.75, 3.05) is 7.11 Å². The van der Waals surface area contributed by atoms with E-state index in [1.54, 1.807) is 7.11 Å². The van der Waals surface area contributed by atoms with Gasteiger partial charge in [0, 0.05) is 19.6 Å². The Hall–Kier alpha value is -0.590. The molecule has 2 unspecified atom stereocenters. The van der Waals surface area contributed by atoms with Gasteiger partial charge in [0.1, 0.15) is 5.54 Å². The Bertz CT molecular complexity index is 232. The first-order chi connectivity index (χ1) is 6.28. The van der Waals surface area contributed by atoms with E-state index >= 15 is 0 Å². The summed E-state index contributed by atoms with van der Waals surface area (Å²) in [7, 11) is 1.73. The maximum absolute atomic E-state index is 9.14. The van der Waals surface area contributed by atoms with Gasteiger partial charge in [-0.3, -0.25) is 5.32 Å². The SMILES string of the molecule is COC1CCC(C#N)(NC2CC2)C1. The third kappa shape index (κ3) is 1.84. The lowest BCUT2D eigenvalue weighted by molar-refractivity contribution is 0.104. The summed E-state index contributed by atoms with van der Waals surface area (Å²) in [4.78, 5) is 0. The molecule has 0 heterocycles. The summed E-state index contributed by atoms with van der Waals surface area (Å²) in [5, 5.41) is 12.6. The second kappa shape index (κ2) is 3.28. The van der Waals surface area contributed by atoms with Crippen LogP contribution in [0.1, 0.15) is 32.1 Å². The van der Waals surface area contributed by atoms with Crippen LogP contribution in [0.3, 0.4) is 0 Å². The molecule has 0 aromatic rings. The summed E-state index contributed by atoms with van der Waals surface area (Å²) in [5.41, 5.74) is -0.276. The van der Waals surface area contributed by atoms with Crippen LogP contribution in [0.25, 0.3) is 0 Å². The number of nitrogens with zero attached hydrogens (tertiary/aromatic N) is 1. The molecule has 3 heteroatoms. The minimum absolute atomic E-state index is 0.276. The predicted octanol–water partition coefficient (Wildman–Crippen LogP) is 1.20. The first-order valence-electron chi connectivity index (χ1n) is 5.00. The lowest BCUT2D eigenvalue weighted by Crippen LogP contribution is -2.43. The van der Waals surface area contributed by atoms with E-state index in [9.17, 15) is 0 Å². The third-order valence-corrected chi connectivity index (χ3v) is 3.07. The van der Waals surface area contributed by atoms with Gasteiger partial charge in [0.05, 0.1) is 12.2 Å². The molecule has 2 rings (SSSR count). The monoisotopic (exact) mass is 180 g/mol. The minimum atomic E-state index is -0.276. The fraction of sp³-hybridized carbons (Fsp3) is 0.900. The Morgan fingerprint density at radius 1 is 1.46 bits per heavy atom. The molecule has 1 N–H and O–H groups in total. The van der Waals surface area contributed by atoms with Gasteiger partial charge in [0.15, 0.2) is 0 Å². The smallest absolute Gasteiger partial charge is 0.109 e. The molecule has 2 saturated carbocycles. The summed E-state index contributed by atoms with van der Waals surface area (Å²) >= 11 is 0. The summed E-state index contributed by atoms with van der Waals surface area (Å²) in [6.07, 6.45) is 5.58. The van der Waals surface area contributed by atoms with Crippen molar-refractivity contribution in [3.8, 4) is 6.07 Å². The average Bonchev–Trinajstić information content (AvgIpc) is 2.85. The van der Waals surface area contributed by atoms with Gasteiger partial charge in [-0.2, -0.15) is 5.26 Å². The number of nitrogens with one attached hydrogen (secondary N) is 1. The molecule has 0 aromatic heterocycles. The van der Waals surface area contributed by atoms with E-state index in [1.807, 2.05) is 0 Å². The van der Waals surface area contributed by atoms with E-state index in [4.69, 9.17) is 10.00 Å². The minimum Gasteiger partial charge on any atom is -0.381 e. The van der Waals surface area contributed by atoms with Crippen LogP contribution in [0, 0.1) is 11.3 Å². The van der Waals surface area contributed by atoms with E-state index in [2.05, 4.69) is 11.4 Å². The largest absolute Gasteiger partial charge is 0.381 e. The zero-order chi connectivity index (χ0) is 9.31. The van der Waals surface area contributed by atoms with Gasteiger partial charge >= 0.3 is 0 Å². The Kier molecular flexibility index (Phi) is 2.27. The molecule has 72 valence electrons. The van der Waals surface area contributed by atoms with E-state index in [1.165, 1.54) is 12.8 Å². The van der Waals surface area contributed by atoms with Gasteiger partial charge in [-0.15, -0.1) is 0 Å². The lowest BCUT2D eigenvalue weighted by Gasteiger charge is -2.22. The number of nitriles is 1. The standard InChI is InChI=1S/C10H16N2O/c1-13-9-4-5-10(6-9,7-11)12-8-2-3-8/h8-9,12H,2-6H2,1H3. The van der Waals surface area contributed by atoms with Crippen LogP contribution in [0.5, 0.6) is 0 Å². The highest BCUT2D eigenvalue weighted by Gasteiger charge is 2.42. The summed E-state index contributed by atoms with van der Waals surface area (Å²) in [5.74, 6) is 0. The maximum Gasteiger partial charge on any atom is 0.109 e. The molecule has 0 bridgehead atoms. The van der Waals surface area contributed by atoms with Gasteiger partial charge in [0.2, 0.25) is 0 Å². The molecule has 13 heavy (non-hydrogen) atoms. The van der Waals surface area contributed by atoms with Crippen molar-refractivity contribution in [1.82, 2.24) is 5.32 Å². The van der Waals surface area contributed by atoms with Gasteiger partial charge in [-0.05, 0) is 25.7 Å². The van der Waals surface area contributed by atoms with Gasteiger partial charge in [0.25, 0.3) is 0 Å². The zero-order valence-corrected chi connectivity index (χ0v) is 8.05. The number of ether oxygens (including phenoxy) is 1. The van der Waals surface area contributed by atoms with E-state index < -0.39 is 0 Å². The summed E-state index contributed by atoms with van der Waals surface area (Å²) in [6, 6.07) is 3.03. The molecule has 0 radical (unpaired) electrons. The Balaban J connectivity index is 1.96. The van der Waals surface area contributed by atoms with Gasteiger partial charge in [-0.25, -0.2) is 0 Å². The lowest BCUT2D eigenvalue weighted by atomic mass is 9.99. The number of methoxy groups -OCH3 is 1. The van der Waals surface area contributed by atoms with Crippen molar-refractivity contribution in [2.24, 2.45) is 0 Å². The Labute approximate surface area is 79.1 Å². The van der Waals surface area contributed by atoms with Crippen LogP contribution >= 0.6 is 0 Å². The van der Waals surface area contributed by atoms with Crippen molar-refractivity contribution in [2.45, 2.75) is 49.8 Å². The van der Waals surface area contributed by atoms with E-state index in [-0.39, 0.29) is 11.6 Å². The predicted molar refractivity (Wildman–Crippen MR) is 49.1 cm³/mol. The van der Waals surface area contributed by atoms with Crippen LogP contribution in [-0.2, 0) is 4.74 Å². The van der Waals surface area contributed by atoms with Crippen molar-refractivity contribution in [3.05, 3.63) is 0 Å². The van der Waals surface area contributed by atoms with Gasteiger partial charge < -0.3 is 4.74 Å². The van der Waals surface area contributed by atoms with Crippen molar-refractivity contribution in [3.63, 3.8) is 0 Å². The molecule has 2 fully saturated rings. The van der Waals surface area contributed by atoms with Crippen molar-refractivity contribution >= 4 is 0 Å². The normalized spacial score (nSPS) is 38.9. The van der Waals surface area contributed by atoms with Crippen LogP contribution in [-0.4, -0.2) is 24.8 Å². The molecule has 0 amide bonds. The quantitative estimate of drug-likeness (QED) is 0.709. The fourth-order valence-electron chi connectivity index (χ4n) is 2.08. The molecule has 0 spiro atoms. The topological polar surface area (TPSA) is 45.0 Å². The Morgan fingerprint density at radius 3 is 2.69 bits per heavy atom. The highest BCUT2D eigenvalue weighted by molar-refractivity contribution is 5.14. The fourth-order valence-corrected chi connectivity index (χ4v) is 2.08. The zero-order valence-electron chi connectivity index (χ0n) is 8.05. The summed E-state index contributed by atoms with van der Waals surface area (Å²) < 4.78 is 5.28. The highest BCUT2D eigenvalue weighted by Crippen LogP contribution is 2.34. The summed E-state index contributed by atoms with van der Waals surface area (Å²) in [6.45, 7) is 0. The van der Waals surface area contributed by atoms with Crippen LogP contribution < -0.4 is 5.32 Å². The molecule has 0 aliphatic heterocycles. The molecule has 3 nitrogen and oxygen atoms in total. The second-order valence-corrected chi connectivity index (χ2v) is 4.21. The van der Waals surface area contributed by atoms with Crippen molar-refractivity contribution in [1.29, 1.82) is 5.26 Å². The Morgan fingerprint density at radius 2 is 2.23 bits per heavy atom. The van der Waals surface area contributed by atoms with E-state index in [0.29, 0.717) is 6.04 Å². The molecule has 2 aliphatic rings. The number of hydrogen-bond donors (Lipinski definition) is 1. The number of rotatable bonds is 3. The third-order valence-electron chi connectivity index (χ3n) is 3.07. The molecular formula is C10H16N2O. The molecule has 2 aliphatic carbocycles. The van der Waals surface area contributed by atoms with Crippen molar-refractivity contribution < 1.29 is 4.74 Å². The van der Waals surface area contributed by atoms with Crippen LogP contribution in [0.4, 0.5) is 0 Å². The molecular weight excluding hydrogens is 164 g/mol. The van der Waals surface area contributed by atoms with Gasteiger partial charge in [-0.1, -0.05) is 0 Å². The van der Waals surface area contributed by atoms with Crippen LogP contribution in [0.15, 0.2) is 0 Å². The average molecular weight is 180 g/mol. The number of hydrogen-bond acceptors (Lipinski definition) is 3. The molecule has 0 aromatic carbocycles. The van der Waals surface area contributed by atoms with Crippen LogP contribution in [0.2, 0.25) is 0 Å².